The third kappa shape index (κ3) is 4.81. The highest BCUT2D eigenvalue weighted by molar-refractivity contribution is 9.10. The number of para-hydroxylation sites is 1. The van der Waals surface area contributed by atoms with E-state index in [1.807, 2.05) is 6.07 Å². The fraction of sp³-hybridized carbons (Fsp3) is 0.462. The van der Waals surface area contributed by atoms with Crippen LogP contribution in [0.4, 0.5) is 5.69 Å². The summed E-state index contributed by atoms with van der Waals surface area (Å²) in [5.74, 6) is -1.95. The Morgan fingerprint density at radius 3 is 2.33 bits per heavy atom. The van der Waals surface area contributed by atoms with Crippen LogP contribution in [0.3, 0.4) is 0 Å². The molecule has 1 rings (SSSR count). The molecule has 1 unspecified atom stereocenters. The number of nitrogens with one attached hydrogen (secondary N) is 1. The maximum Gasteiger partial charge on any atom is 0.364 e. The first kappa shape index (κ1) is 18.2. The molecule has 0 heterocycles. The number of esters is 1. The number of hydrogen-bond acceptors (Lipinski definition) is 6. The number of carbonyl (C=O) groups is 1. The van der Waals surface area contributed by atoms with E-state index in [9.17, 15) is 9.36 Å². The van der Waals surface area contributed by atoms with Gasteiger partial charge in [0.15, 0.2) is 0 Å². The molecule has 1 aromatic carbocycles. The summed E-state index contributed by atoms with van der Waals surface area (Å²) in [4.78, 5) is 12.0. The van der Waals surface area contributed by atoms with Crippen LogP contribution in [-0.2, 0) is 23.1 Å². The predicted molar refractivity (Wildman–Crippen MR) is 84.4 cm³/mol. The van der Waals surface area contributed by atoms with Crippen LogP contribution in [0.25, 0.3) is 0 Å². The summed E-state index contributed by atoms with van der Waals surface area (Å²) in [6.07, 6.45) is 0. The van der Waals surface area contributed by atoms with Crippen LogP contribution in [0.1, 0.15) is 13.8 Å². The Morgan fingerprint density at radius 2 is 1.86 bits per heavy atom. The number of hydrogen-bond donors (Lipinski definition) is 1. The van der Waals surface area contributed by atoms with Gasteiger partial charge in [0.05, 0.1) is 20.3 Å². The van der Waals surface area contributed by atoms with Crippen LogP contribution in [0, 0.1) is 0 Å². The molecule has 0 aromatic heterocycles. The van der Waals surface area contributed by atoms with Gasteiger partial charge in [-0.3, -0.25) is 4.57 Å². The lowest BCUT2D eigenvalue weighted by atomic mass is 10.3. The molecule has 0 aliphatic carbocycles. The number of anilines is 1. The van der Waals surface area contributed by atoms with Gasteiger partial charge < -0.3 is 19.1 Å². The summed E-state index contributed by atoms with van der Waals surface area (Å²) in [6.45, 7) is 3.67. The molecule has 21 heavy (non-hydrogen) atoms. The van der Waals surface area contributed by atoms with Crippen LogP contribution in [0.2, 0.25) is 0 Å². The largest absolute Gasteiger partial charge is 0.467 e. The molecule has 0 aliphatic rings. The first-order valence-electron chi connectivity index (χ1n) is 6.46. The first-order valence-corrected chi connectivity index (χ1v) is 8.86. The number of methoxy groups -OCH3 is 1. The summed E-state index contributed by atoms with van der Waals surface area (Å²) in [5, 5.41) is 2.87. The minimum absolute atomic E-state index is 0.155. The Bertz CT molecular complexity index is 515. The predicted octanol–water partition coefficient (Wildman–Crippen LogP) is 3.63. The highest BCUT2D eigenvalue weighted by Crippen LogP contribution is 2.53. The molecule has 118 valence electrons. The fourth-order valence-corrected chi connectivity index (χ4v) is 3.80. The second-order valence-electron chi connectivity index (χ2n) is 3.93. The van der Waals surface area contributed by atoms with Crippen molar-refractivity contribution in [2.24, 2.45) is 0 Å². The van der Waals surface area contributed by atoms with Gasteiger partial charge in [-0.25, -0.2) is 4.79 Å². The molecule has 0 saturated carbocycles. The average Bonchev–Trinajstić information content (AvgIpc) is 2.46. The van der Waals surface area contributed by atoms with Crippen molar-refractivity contribution in [2.75, 3.05) is 25.6 Å². The van der Waals surface area contributed by atoms with Crippen molar-refractivity contribution in [3.05, 3.63) is 28.7 Å². The van der Waals surface area contributed by atoms with Crippen molar-refractivity contribution < 1.29 is 23.1 Å². The van der Waals surface area contributed by atoms with E-state index in [2.05, 4.69) is 21.2 Å². The maximum absolute atomic E-state index is 12.8. The molecule has 0 saturated heterocycles. The van der Waals surface area contributed by atoms with E-state index >= 15 is 0 Å². The standard InChI is InChI=1S/C13H19BrNO5P/c1-4-19-21(17,20-5-2)12(13(16)18-3)15-11-9-7-6-8-10(11)14/h6-9,12,15H,4-5H2,1-3H3. The lowest BCUT2D eigenvalue weighted by Crippen LogP contribution is -2.32. The SMILES string of the molecule is CCOP(=O)(OCC)C(Nc1ccccc1Br)C(=O)OC. The summed E-state index contributed by atoms with van der Waals surface area (Å²) in [5.41, 5.74) is 0.590. The molecular formula is C13H19BrNO5P. The van der Waals surface area contributed by atoms with Gasteiger partial charge in [0.25, 0.3) is 0 Å². The quantitative estimate of drug-likeness (QED) is 0.549. The van der Waals surface area contributed by atoms with Crippen LogP contribution < -0.4 is 5.32 Å². The molecule has 0 fully saturated rings. The average molecular weight is 380 g/mol. The molecule has 0 bridgehead atoms. The molecule has 1 N–H and O–H groups in total. The van der Waals surface area contributed by atoms with Gasteiger partial charge >= 0.3 is 13.6 Å². The van der Waals surface area contributed by atoms with Crippen molar-refractivity contribution in [3.8, 4) is 0 Å². The zero-order valence-electron chi connectivity index (χ0n) is 12.2. The van der Waals surface area contributed by atoms with E-state index < -0.39 is 19.3 Å². The lowest BCUT2D eigenvalue weighted by molar-refractivity contribution is -0.140. The van der Waals surface area contributed by atoms with Gasteiger partial charge in [-0.05, 0) is 41.9 Å². The molecule has 0 amide bonds. The van der Waals surface area contributed by atoms with E-state index in [-0.39, 0.29) is 13.2 Å². The summed E-state index contributed by atoms with van der Waals surface area (Å²) in [7, 11) is -2.47. The van der Waals surface area contributed by atoms with Gasteiger partial charge in [-0.15, -0.1) is 0 Å². The highest BCUT2D eigenvalue weighted by atomic mass is 79.9. The first-order chi connectivity index (χ1) is 9.98. The normalized spacial score (nSPS) is 12.8. The van der Waals surface area contributed by atoms with Crippen LogP contribution in [-0.4, -0.2) is 32.1 Å². The molecule has 1 aromatic rings. The molecule has 0 radical (unpaired) electrons. The van der Waals surface area contributed by atoms with Crippen LogP contribution >= 0.6 is 23.5 Å². The van der Waals surface area contributed by atoms with Crippen molar-refractivity contribution in [1.29, 1.82) is 0 Å². The van der Waals surface area contributed by atoms with Crippen LogP contribution in [0.15, 0.2) is 28.7 Å². The molecule has 0 spiro atoms. The zero-order chi connectivity index (χ0) is 15.9. The minimum Gasteiger partial charge on any atom is -0.467 e. The molecular weight excluding hydrogens is 361 g/mol. The third-order valence-electron chi connectivity index (χ3n) is 2.52. The molecule has 8 heteroatoms. The zero-order valence-corrected chi connectivity index (χ0v) is 14.6. The third-order valence-corrected chi connectivity index (χ3v) is 5.42. The van der Waals surface area contributed by atoms with Crippen molar-refractivity contribution in [3.63, 3.8) is 0 Å². The van der Waals surface area contributed by atoms with Crippen molar-refractivity contribution in [2.45, 2.75) is 19.6 Å². The van der Waals surface area contributed by atoms with Gasteiger partial charge in [-0.1, -0.05) is 12.1 Å². The Morgan fingerprint density at radius 1 is 1.29 bits per heavy atom. The Hall–Kier alpha value is -0.880. The summed E-state index contributed by atoms with van der Waals surface area (Å²) >= 11 is 3.35. The van der Waals surface area contributed by atoms with E-state index in [1.54, 1.807) is 32.0 Å². The second-order valence-corrected chi connectivity index (χ2v) is 6.89. The lowest BCUT2D eigenvalue weighted by Gasteiger charge is -2.26. The Balaban J connectivity index is 3.13. The van der Waals surface area contributed by atoms with Crippen LogP contribution in [0.5, 0.6) is 0 Å². The smallest absolute Gasteiger partial charge is 0.364 e. The fourth-order valence-electron chi connectivity index (χ4n) is 1.65. The summed E-state index contributed by atoms with van der Waals surface area (Å²) < 4.78 is 28.7. The monoisotopic (exact) mass is 379 g/mol. The van der Waals surface area contributed by atoms with E-state index in [0.29, 0.717) is 5.69 Å². The molecule has 1 atom stereocenters. The Kier molecular flexibility index (Phi) is 7.39. The molecule has 6 nitrogen and oxygen atoms in total. The maximum atomic E-state index is 12.8. The number of halogens is 1. The van der Waals surface area contributed by atoms with Gasteiger partial charge in [0.1, 0.15) is 0 Å². The molecule has 0 aliphatic heterocycles. The number of benzene rings is 1. The van der Waals surface area contributed by atoms with Gasteiger partial charge in [0.2, 0.25) is 5.78 Å². The second kappa shape index (κ2) is 8.54. The van der Waals surface area contributed by atoms with Gasteiger partial charge in [0, 0.05) is 10.2 Å². The van der Waals surface area contributed by atoms with E-state index in [4.69, 9.17) is 13.8 Å². The number of ether oxygens (including phenoxy) is 1. The van der Waals surface area contributed by atoms with Crippen molar-refractivity contribution >= 4 is 35.2 Å². The minimum atomic E-state index is -3.69. The van der Waals surface area contributed by atoms with Crippen molar-refractivity contribution in [1.82, 2.24) is 0 Å². The van der Waals surface area contributed by atoms with E-state index in [1.165, 1.54) is 7.11 Å². The van der Waals surface area contributed by atoms with E-state index in [0.717, 1.165) is 4.47 Å². The topological polar surface area (TPSA) is 73.9 Å². The Labute approximate surface area is 132 Å². The van der Waals surface area contributed by atoms with Gasteiger partial charge in [-0.2, -0.15) is 0 Å². The number of carbonyl (C=O) groups excluding carboxylic acids is 1. The summed E-state index contributed by atoms with van der Waals surface area (Å²) in [6, 6.07) is 7.14. The number of rotatable bonds is 8. The highest BCUT2D eigenvalue weighted by Gasteiger charge is 2.42.